The number of hydrogen-bond donors (Lipinski definition) is 0. The minimum atomic E-state index is -0.227. The van der Waals surface area contributed by atoms with Crippen molar-refractivity contribution < 1.29 is 14.2 Å². The largest absolute Gasteiger partial charge is 0.356 e. The summed E-state index contributed by atoms with van der Waals surface area (Å²) in [6, 6.07) is 2.13. The van der Waals surface area contributed by atoms with Crippen LogP contribution in [0.3, 0.4) is 0 Å². The fourth-order valence-electron chi connectivity index (χ4n) is 1.42. The molecule has 0 spiro atoms. The predicted molar refractivity (Wildman–Crippen MR) is 72.6 cm³/mol. The molecule has 0 aliphatic heterocycles. The van der Waals surface area contributed by atoms with Crippen LogP contribution < -0.4 is 0 Å². The number of thiophene rings is 1. The maximum atomic E-state index is 5.74. The monoisotopic (exact) mass is 276 g/mol. The molecule has 0 aliphatic carbocycles. The van der Waals surface area contributed by atoms with Crippen molar-refractivity contribution >= 4 is 23.1 Å². The van der Waals surface area contributed by atoms with E-state index in [4.69, 9.17) is 14.2 Å². The molecule has 2 unspecified atom stereocenters. The number of rotatable bonds is 8. The number of hydrogen-bond acceptors (Lipinski definition) is 5. The highest BCUT2D eigenvalue weighted by atomic mass is 32.2. The van der Waals surface area contributed by atoms with Gasteiger partial charge in [-0.3, -0.25) is 0 Å². The lowest BCUT2D eigenvalue weighted by Gasteiger charge is -2.18. The summed E-state index contributed by atoms with van der Waals surface area (Å²) in [4.78, 5) is 0. The molecule has 0 amide bonds. The van der Waals surface area contributed by atoms with Gasteiger partial charge in [0.1, 0.15) is 0 Å². The van der Waals surface area contributed by atoms with Crippen LogP contribution in [-0.4, -0.2) is 26.4 Å². The topological polar surface area (TPSA) is 27.7 Å². The Morgan fingerprint density at radius 3 is 2.76 bits per heavy atom. The first kappa shape index (κ1) is 15.0. The van der Waals surface area contributed by atoms with Crippen LogP contribution in [0, 0.1) is 0 Å². The van der Waals surface area contributed by atoms with Gasteiger partial charge in [-0.1, -0.05) is 6.92 Å². The van der Waals surface area contributed by atoms with Gasteiger partial charge in [0.25, 0.3) is 0 Å². The molecule has 17 heavy (non-hydrogen) atoms. The van der Waals surface area contributed by atoms with Gasteiger partial charge in [-0.2, -0.15) is 0 Å². The van der Waals surface area contributed by atoms with Crippen LogP contribution in [0.4, 0.5) is 0 Å². The average molecular weight is 276 g/mol. The summed E-state index contributed by atoms with van der Waals surface area (Å²) in [6.07, 6.45) is 2.91. The van der Waals surface area contributed by atoms with Crippen LogP contribution in [0.25, 0.3) is 0 Å². The molecular formula is C12H20O3S2. The molecule has 5 heteroatoms. The Morgan fingerprint density at radius 2 is 2.18 bits per heavy atom. The third-order valence-corrected chi connectivity index (χ3v) is 4.58. The van der Waals surface area contributed by atoms with Gasteiger partial charge in [0, 0.05) is 12.7 Å². The zero-order valence-electron chi connectivity index (χ0n) is 10.8. The second kappa shape index (κ2) is 8.11. The Morgan fingerprint density at radius 1 is 1.41 bits per heavy atom. The van der Waals surface area contributed by atoms with E-state index in [9.17, 15) is 0 Å². The van der Waals surface area contributed by atoms with Crippen molar-refractivity contribution in [3.63, 3.8) is 0 Å². The predicted octanol–water partition coefficient (Wildman–Crippen LogP) is 3.90. The molecule has 0 aromatic carbocycles. The average Bonchev–Trinajstić information content (AvgIpc) is 2.82. The van der Waals surface area contributed by atoms with E-state index < -0.39 is 0 Å². The normalized spacial score (nSPS) is 14.8. The van der Waals surface area contributed by atoms with E-state index in [0.717, 1.165) is 6.42 Å². The first-order chi connectivity index (χ1) is 8.22. The summed E-state index contributed by atoms with van der Waals surface area (Å²) < 4.78 is 17.4. The molecule has 1 aromatic rings. The summed E-state index contributed by atoms with van der Waals surface area (Å²) >= 11 is 3.52. The summed E-state index contributed by atoms with van der Waals surface area (Å²) in [5, 5.41) is 2.10. The first-order valence-electron chi connectivity index (χ1n) is 5.60. The fraction of sp³-hybridized carbons (Fsp3) is 0.667. The molecule has 98 valence electrons. The zero-order valence-corrected chi connectivity index (χ0v) is 12.4. The molecule has 0 aliphatic rings. The van der Waals surface area contributed by atoms with E-state index in [0.29, 0.717) is 0 Å². The second-order valence-electron chi connectivity index (χ2n) is 3.52. The molecule has 1 heterocycles. The minimum Gasteiger partial charge on any atom is -0.356 e. The number of thioether (sulfide) groups is 1. The quantitative estimate of drug-likeness (QED) is 0.531. The maximum Gasteiger partial charge on any atom is 0.157 e. The van der Waals surface area contributed by atoms with E-state index in [2.05, 4.69) is 24.6 Å². The van der Waals surface area contributed by atoms with Crippen molar-refractivity contribution in [2.45, 2.75) is 36.9 Å². The summed E-state index contributed by atoms with van der Waals surface area (Å²) in [5.74, 6) is 0. The van der Waals surface area contributed by atoms with Gasteiger partial charge in [-0.25, -0.2) is 0 Å². The lowest BCUT2D eigenvalue weighted by Crippen LogP contribution is -2.15. The Kier molecular flexibility index (Phi) is 7.15. The molecule has 3 nitrogen and oxygen atoms in total. The van der Waals surface area contributed by atoms with Gasteiger partial charge in [0.2, 0.25) is 0 Å². The van der Waals surface area contributed by atoms with E-state index >= 15 is 0 Å². The summed E-state index contributed by atoms with van der Waals surface area (Å²) in [6.45, 7) is 4.23. The van der Waals surface area contributed by atoms with Gasteiger partial charge in [-0.05, 0) is 31.0 Å². The van der Waals surface area contributed by atoms with Crippen LogP contribution >= 0.6 is 23.1 Å². The van der Waals surface area contributed by atoms with E-state index in [1.165, 1.54) is 9.77 Å². The highest BCUT2D eigenvalue weighted by Gasteiger charge is 2.15. The molecule has 0 radical (unpaired) electrons. The molecular weight excluding hydrogens is 256 g/mol. The van der Waals surface area contributed by atoms with E-state index in [1.54, 1.807) is 30.2 Å². The molecule has 0 bridgehead atoms. The van der Waals surface area contributed by atoms with Crippen LogP contribution in [0.5, 0.6) is 0 Å². The lowest BCUT2D eigenvalue weighted by molar-refractivity contribution is -0.189. The minimum absolute atomic E-state index is 0.104. The Labute approximate surface area is 111 Å². The van der Waals surface area contributed by atoms with Gasteiger partial charge in [-0.15, -0.1) is 23.1 Å². The van der Waals surface area contributed by atoms with Crippen LogP contribution in [0.1, 0.15) is 31.9 Å². The summed E-state index contributed by atoms with van der Waals surface area (Å²) in [7, 11) is 1.62. The maximum absolute atomic E-state index is 5.74. The van der Waals surface area contributed by atoms with Crippen molar-refractivity contribution in [2.24, 2.45) is 0 Å². The molecule has 1 rings (SSSR count). The number of ether oxygens (including phenoxy) is 3. The summed E-state index contributed by atoms with van der Waals surface area (Å²) in [5.41, 5.74) is 1.26. The van der Waals surface area contributed by atoms with Gasteiger partial charge < -0.3 is 14.2 Å². The van der Waals surface area contributed by atoms with Crippen LogP contribution in [0.2, 0.25) is 0 Å². The van der Waals surface area contributed by atoms with Crippen molar-refractivity contribution in [3.8, 4) is 0 Å². The fourth-order valence-corrected chi connectivity index (χ4v) is 3.08. The number of methoxy groups -OCH3 is 1. The molecule has 0 saturated heterocycles. The third kappa shape index (κ3) is 4.60. The molecule has 0 N–H and O–H groups in total. The Balaban J connectivity index is 2.48. The highest BCUT2D eigenvalue weighted by molar-refractivity contribution is 8.00. The molecule has 0 fully saturated rings. The molecule has 2 atom stereocenters. The van der Waals surface area contributed by atoms with Crippen molar-refractivity contribution in [2.75, 3.05) is 20.2 Å². The van der Waals surface area contributed by atoms with Gasteiger partial charge >= 0.3 is 0 Å². The van der Waals surface area contributed by atoms with Crippen molar-refractivity contribution in [3.05, 3.63) is 17.0 Å². The van der Waals surface area contributed by atoms with E-state index in [-0.39, 0.29) is 19.2 Å². The Bertz CT molecular complexity index is 314. The standard InChI is InChI=1S/C12H20O3S2/c1-5-11(15-8-14-9(2)13-3)10-6-7-17-12(10)16-4/h6-7,9,11H,5,8H2,1-4H3. The first-order valence-corrected chi connectivity index (χ1v) is 7.70. The SMILES string of the molecule is CCC(OCOC(C)OC)c1ccsc1SC. The van der Waals surface area contributed by atoms with E-state index in [1.807, 2.05) is 6.92 Å². The van der Waals surface area contributed by atoms with Crippen molar-refractivity contribution in [1.29, 1.82) is 0 Å². The van der Waals surface area contributed by atoms with Crippen LogP contribution in [-0.2, 0) is 14.2 Å². The third-order valence-electron chi connectivity index (χ3n) is 2.47. The second-order valence-corrected chi connectivity index (χ2v) is 5.51. The zero-order chi connectivity index (χ0) is 12.7. The molecule has 0 saturated carbocycles. The molecule has 1 aromatic heterocycles. The Hall–Kier alpha value is -0.0700. The highest BCUT2D eigenvalue weighted by Crippen LogP contribution is 2.34. The lowest BCUT2D eigenvalue weighted by atomic mass is 10.1. The van der Waals surface area contributed by atoms with Crippen molar-refractivity contribution in [1.82, 2.24) is 0 Å². The van der Waals surface area contributed by atoms with Crippen LogP contribution in [0.15, 0.2) is 15.7 Å². The van der Waals surface area contributed by atoms with Gasteiger partial charge in [0.05, 0.1) is 10.3 Å². The van der Waals surface area contributed by atoms with Gasteiger partial charge in [0.15, 0.2) is 13.1 Å². The smallest absolute Gasteiger partial charge is 0.157 e.